The Hall–Kier alpha value is -0.280. The molecule has 4 heteroatoms. The molecule has 0 amide bonds. The number of hydrogen-bond acceptors (Lipinski definition) is 2. The molecule has 64 valence electrons. The second-order valence-corrected chi connectivity index (χ2v) is 3.80. The molecule has 1 saturated heterocycles. The molecule has 0 spiro atoms. The third kappa shape index (κ3) is 0.948. The molecule has 0 bridgehead atoms. The van der Waals surface area contributed by atoms with Crippen molar-refractivity contribution in [3.05, 3.63) is 0 Å². The molecule has 2 unspecified atom stereocenters. The van der Waals surface area contributed by atoms with Gasteiger partial charge in [0, 0.05) is 0 Å². The second kappa shape index (κ2) is 2.11. The lowest BCUT2D eigenvalue weighted by Gasteiger charge is -2.10. The van der Waals surface area contributed by atoms with Crippen LogP contribution >= 0.6 is 11.6 Å². The predicted molar refractivity (Wildman–Crippen MR) is 40.5 cm³/mol. The fraction of sp³-hybridized carbons (Fsp3) is 0.857. The molecule has 1 fully saturated rings. The van der Waals surface area contributed by atoms with Crippen LogP contribution in [0.1, 0.15) is 20.8 Å². The Bertz CT molecular complexity index is 204. The van der Waals surface area contributed by atoms with Gasteiger partial charge in [-0.3, -0.25) is 0 Å². The molecule has 11 heavy (non-hydrogen) atoms. The average molecular weight is 179 g/mol. The Labute approximate surface area is 70.3 Å². The Morgan fingerprint density at radius 1 is 1.64 bits per heavy atom. The van der Waals surface area contributed by atoms with Crippen LogP contribution in [0.4, 0.5) is 0 Å². The molecule has 0 saturated carbocycles. The molecule has 0 aromatic carbocycles. The van der Waals surface area contributed by atoms with E-state index in [1.165, 1.54) is 0 Å². The summed E-state index contributed by atoms with van der Waals surface area (Å²) >= 11 is 5.66. The topological polar surface area (TPSA) is 49.8 Å². The number of carbonyl (C=O) groups is 1. The van der Waals surface area contributed by atoms with Crippen LogP contribution in [0.15, 0.2) is 0 Å². The smallest absolute Gasteiger partial charge is 0.355 e. The monoisotopic (exact) mass is 178 g/mol. The first-order valence-corrected chi connectivity index (χ1v) is 3.85. The van der Waals surface area contributed by atoms with Gasteiger partial charge in [0.05, 0.1) is 0 Å². The van der Waals surface area contributed by atoms with E-state index in [1.54, 1.807) is 6.92 Å². The lowest BCUT2D eigenvalue weighted by atomic mass is 9.94. The highest BCUT2D eigenvalue weighted by Crippen LogP contribution is 2.55. The summed E-state index contributed by atoms with van der Waals surface area (Å²) in [5.41, 5.74) is -0.708. The van der Waals surface area contributed by atoms with Crippen molar-refractivity contribution in [1.29, 1.82) is 0 Å². The number of carboxylic acids is 1. The predicted octanol–water partition coefficient (Wildman–Crippen LogP) is 1.45. The van der Waals surface area contributed by atoms with Crippen LogP contribution in [0, 0.1) is 5.92 Å². The fourth-order valence-corrected chi connectivity index (χ4v) is 1.39. The van der Waals surface area contributed by atoms with Crippen molar-refractivity contribution in [3.63, 3.8) is 0 Å². The molecule has 0 radical (unpaired) electrons. The van der Waals surface area contributed by atoms with Crippen molar-refractivity contribution >= 4 is 17.6 Å². The SMILES string of the molecule is CC(C)C1(C)OC1(Cl)C(=O)O. The van der Waals surface area contributed by atoms with Crippen molar-refractivity contribution in [3.8, 4) is 0 Å². The fourth-order valence-electron chi connectivity index (χ4n) is 1.01. The van der Waals surface area contributed by atoms with E-state index in [2.05, 4.69) is 0 Å². The van der Waals surface area contributed by atoms with Gasteiger partial charge in [-0.05, 0) is 12.8 Å². The van der Waals surface area contributed by atoms with Crippen molar-refractivity contribution in [1.82, 2.24) is 0 Å². The van der Waals surface area contributed by atoms with E-state index in [9.17, 15) is 4.79 Å². The molecule has 1 N–H and O–H groups in total. The number of carboxylic acid groups (broad SMARTS) is 1. The van der Waals surface area contributed by atoms with Gasteiger partial charge in [-0.2, -0.15) is 0 Å². The van der Waals surface area contributed by atoms with E-state index in [0.29, 0.717) is 0 Å². The molecule has 0 aliphatic carbocycles. The number of hydrogen-bond donors (Lipinski definition) is 1. The zero-order chi connectivity index (χ0) is 8.86. The van der Waals surface area contributed by atoms with Crippen molar-refractivity contribution < 1.29 is 14.6 Å². The number of ether oxygens (including phenoxy) is 1. The first-order valence-electron chi connectivity index (χ1n) is 3.47. The zero-order valence-electron chi connectivity index (χ0n) is 6.72. The third-order valence-corrected chi connectivity index (χ3v) is 2.94. The Morgan fingerprint density at radius 3 is 2.18 bits per heavy atom. The molecule has 1 aliphatic rings. The van der Waals surface area contributed by atoms with Crippen molar-refractivity contribution in [2.24, 2.45) is 5.92 Å². The molecular formula is C7H11ClO3. The molecular weight excluding hydrogens is 168 g/mol. The van der Waals surface area contributed by atoms with Crippen molar-refractivity contribution in [2.75, 3.05) is 0 Å². The summed E-state index contributed by atoms with van der Waals surface area (Å²) in [5, 5.41) is 7.16. The van der Waals surface area contributed by atoms with Crippen molar-refractivity contribution in [2.45, 2.75) is 31.4 Å². The quantitative estimate of drug-likeness (QED) is 0.515. The molecule has 1 rings (SSSR count). The van der Waals surface area contributed by atoms with Gasteiger partial charge in [0.2, 0.25) is 0 Å². The van der Waals surface area contributed by atoms with Crippen LogP contribution in [-0.4, -0.2) is 21.7 Å². The Balaban J connectivity index is 2.79. The maximum atomic E-state index is 10.5. The summed E-state index contributed by atoms with van der Waals surface area (Å²) in [6.45, 7) is 5.47. The number of epoxide rings is 1. The maximum Gasteiger partial charge on any atom is 0.355 e. The van der Waals surface area contributed by atoms with Crippen LogP contribution in [0.25, 0.3) is 0 Å². The lowest BCUT2D eigenvalue weighted by molar-refractivity contribution is -0.140. The van der Waals surface area contributed by atoms with Crippen LogP contribution < -0.4 is 0 Å². The normalized spacial score (nSPS) is 42.6. The lowest BCUT2D eigenvalue weighted by Crippen LogP contribution is -2.30. The summed E-state index contributed by atoms with van der Waals surface area (Å²) in [6, 6.07) is 0. The van der Waals surface area contributed by atoms with Crippen LogP contribution in [-0.2, 0) is 9.53 Å². The largest absolute Gasteiger partial charge is 0.478 e. The first-order chi connectivity index (χ1) is 4.84. The minimum absolute atomic E-state index is 0.107. The zero-order valence-corrected chi connectivity index (χ0v) is 7.47. The van der Waals surface area contributed by atoms with Gasteiger partial charge in [0.1, 0.15) is 5.60 Å². The summed E-state index contributed by atoms with van der Waals surface area (Å²) in [7, 11) is 0. The second-order valence-electron chi connectivity index (χ2n) is 3.26. The van der Waals surface area contributed by atoms with Gasteiger partial charge in [-0.1, -0.05) is 25.4 Å². The van der Waals surface area contributed by atoms with Gasteiger partial charge in [-0.15, -0.1) is 0 Å². The van der Waals surface area contributed by atoms with Gasteiger partial charge >= 0.3 is 5.97 Å². The van der Waals surface area contributed by atoms with E-state index in [-0.39, 0.29) is 5.92 Å². The number of alkyl halides is 1. The molecule has 0 aromatic heterocycles. The average Bonchev–Trinajstić information content (AvgIpc) is 2.39. The maximum absolute atomic E-state index is 10.5. The molecule has 3 nitrogen and oxygen atoms in total. The minimum atomic E-state index is -1.48. The molecule has 2 atom stereocenters. The summed E-state index contributed by atoms with van der Waals surface area (Å²) in [4.78, 5) is 10.5. The van der Waals surface area contributed by atoms with E-state index < -0.39 is 16.6 Å². The first kappa shape index (κ1) is 8.81. The van der Waals surface area contributed by atoms with Crippen LogP contribution in [0.3, 0.4) is 0 Å². The van der Waals surface area contributed by atoms with Crippen LogP contribution in [0.5, 0.6) is 0 Å². The number of halogens is 1. The standard InChI is InChI=1S/C7H11ClO3/c1-4(2)6(3)7(8,11-6)5(9)10/h4H,1-3H3,(H,9,10). The highest BCUT2D eigenvalue weighted by atomic mass is 35.5. The molecule has 1 heterocycles. The van der Waals surface area contributed by atoms with E-state index in [1.807, 2.05) is 13.8 Å². The Morgan fingerprint density at radius 2 is 2.09 bits per heavy atom. The van der Waals surface area contributed by atoms with E-state index >= 15 is 0 Å². The Kier molecular flexibility index (Phi) is 1.69. The summed E-state index contributed by atoms with van der Waals surface area (Å²) < 4.78 is 4.98. The third-order valence-electron chi connectivity index (χ3n) is 2.33. The van der Waals surface area contributed by atoms with Gasteiger partial charge in [0.25, 0.3) is 5.06 Å². The van der Waals surface area contributed by atoms with Crippen LogP contribution in [0.2, 0.25) is 0 Å². The van der Waals surface area contributed by atoms with E-state index in [4.69, 9.17) is 21.4 Å². The van der Waals surface area contributed by atoms with Gasteiger partial charge in [0.15, 0.2) is 0 Å². The molecule has 1 aliphatic heterocycles. The number of aliphatic carboxylic acids is 1. The summed E-state index contributed by atoms with van der Waals surface area (Å²) in [5.74, 6) is -0.994. The highest BCUT2D eigenvalue weighted by molar-refractivity contribution is 6.35. The number of rotatable bonds is 2. The van der Waals surface area contributed by atoms with Gasteiger partial charge < -0.3 is 9.84 Å². The highest BCUT2D eigenvalue weighted by Gasteiger charge is 2.73. The van der Waals surface area contributed by atoms with Gasteiger partial charge in [-0.25, -0.2) is 4.79 Å². The molecule has 0 aromatic rings. The van der Waals surface area contributed by atoms with E-state index in [0.717, 1.165) is 0 Å². The minimum Gasteiger partial charge on any atom is -0.478 e. The summed E-state index contributed by atoms with van der Waals surface area (Å²) in [6.07, 6.45) is 0.